The van der Waals surface area contributed by atoms with Crippen molar-refractivity contribution >= 4 is 40.1 Å². The van der Waals surface area contributed by atoms with Crippen LogP contribution in [0.4, 0.5) is 0 Å². The number of aromatic nitrogens is 2. The molecule has 0 radical (unpaired) electrons. The predicted octanol–water partition coefficient (Wildman–Crippen LogP) is 2.65. The van der Waals surface area contributed by atoms with Gasteiger partial charge in [0.05, 0.1) is 24.7 Å². The number of ether oxygens (including phenoxy) is 1. The van der Waals surface area contributed by atoms with Crippen molar-refractivity contribution in [1.82, 2.24) is 9.97 Å². The number of benzene rings is 1. The number of carbonyl (C=O) groups is 1. The van der Waals surface area contributed by atoms with E-state index in [0.29, 0.717) is 16.2 Å². The van der Waals surface area contributed by atoms with Gasteiger partial charge >= 0.3 is 5.97 Å². The first-order chi connectivity index (χ1) is 8.10. The molecule has 0 fully saturated rings. The molecule has 4 nitrogen and oxygen atoms in total. The Morgan fingerprint density at radius 2 is 2.12 bits per heavy atom. The molecule has 0 bridgehead atoms. The zero-order valence-electron chi connectivity index (χ0n) is 8.91. The van der Waals surface area contributed by atoms with Crippen molar-refractivity contribution in [2.45, 2.75) is 6.42 Å². The van der Waals surface area contributed by atoms with E-state index in [1.807, 2.05) is 0 Å². The van der Waals surface area contributed by atoms with Gasteiger partial charge < -0.3 is 4.74 Å². The maximum absolute atomic E-state index is 11.3. The summed E-state index contributed by atoms with van der Waals surface area (Å²) in [4.78, 5) is 19.3. The fourth-order valence-electron chi connectivity index (χ4n) is 1.48. The molecular weight excluding hydrogens is 263 g/mol. The van der Waals surface area contributed by atoms with E-state index in [0.717, 1.165) is 5.39 Å². The number of esters is 1. The van der Waals surface area contributed by atoms with Crippen LogP contribution in [0.25, 0.3) is 10.9 Å². The number of carbonyl (C=O) groups excluding carboxylic acids is 1. The quantitative estimate of drug-likeness (QED) is 0.622. The normalized spacial score (nSPS) is 10.5. The van der Waals surface area contributed by atoms with E-state index < -0.39 is 0 Å². The van der Waals surface area contributed by atoms with Crippen LogP contribution in [-0.4, -0.2) is 23.0 Å². The minimum absolute atomic E-state index is 0.0525. The second-order valence-corrected chi connectivity index (χ2v) is 4.13. The van der Waals surface area contributed by atoms with E-state index in [2.05, 4.69) is 14.7 Å². The summed E-state index contributed by atoms with van der Waals surface area (Å²) in [5.41, 5.74) is 1.14. The number of methoxy groups -OCH3 is 1. The molecule has 2 aromatic rings. The van der Waals surface area contributed by atoms with Crippen LogP contribution in [0.3, 0.4) is 0 Å². The SMILES string of the molecule is COC(=O)Cc1nc(Cl)nc2cc(Cl)ccc12. The lowest BCUT2D eigenvalue weighted by Gasteiger charge is -2.05. The third-order valence-corrected chi connectivity index (χ3v) is 2.65. The van der Waals surface area contributed by atoms with E-state index in [9.17, 15) is 4.79 Å². The van der Waals surface area contributed by atoms with E-state index in [-0.39, 0.29) is 17.7 Å². The van der Waals surface area contributed by atoms with Crippen molar-refractivity contribution < 1.29 is 9.53 Å². The summed E-state index contributed by atoms with van der Waals surface area (Å²) in [6.07, 6.45) is 0.0525. The van der Waals surface area contributed by atoms with Crippen molar-refractivity contribution in [1.29, 1.82) is 0 Å². The molecule has 1 heterocycles. The second-order valence-electron chi connectivity index (χ2n) is 3.35. The lowest BCUT2D eigenvalue weighted by molar-refractivity contribution is -0.139. The standard InChI is InChI=1S/C11H8Cl2N2O2/c1-17-10(16)5-9-7-3-2-6(12)4-8(7)14-11(13)15-9/h2-4H,5H2,1H3. The summed E-state index contributed by atoms with van der Waals surface area (Å²) in [5.74, 6) is -0.379. The molecule has 0 aliphatic carbocycles. The third kappa shape index (κ3) is 2.65. The van der Waals surface area contributed by atoms with Gasteiger partial charge in [-0.3, -0.25) is 4.79 Å². The van der Waals surface area contributed by atoms with Gasteiger partial charge in [0.2, 0.25) is 5.28 Å². The van der Waals surface area contributed by atoms with Gasteiger partial charge in [-0.25, -0.2) is 9.97 Å². The number of hydrogen-bond donors (Lipinski definition) is 0. The fourth-order valence-corrected chi connectivity index (χ4v) is 1.84. The number of hydrogen-bond acceptors (Lipinski definition) is 4. The average Bonchev–Trinajstić information content (AvgIpc) is 2.27. The molecule has 2 rings (SSSR count). The maximum atomic E-state index is 11.3. The summed E-state index contributed by atoms with van der Waals surface area (Å²) in [6.45, 7) is 0. The molecule has 0 atom stereocenters. The topological polar surface area (TPSA) is 52.1 Å². The minimum atomic E-state index is -0.379. The maximum Gasteiger partial charge on any atom is 0.311 e. The molecule has 0 aliphatic rings. The number of halogens is 2. The van der Waals surface area contributed by atoms with Crippen LogP contribution in [0.1, 0.15) is 5.69 Å². The molecule has 88 valence electrons. The highest BCUT2D eigenvalue weighted by atomic mass is 35.5. The summed E-state index contributed by atoms with van der Waals surface area (Å²) >= 11 is 11.6. The average molecular weight is 271 g/mol. The Morgan fingerprint density at radius 3 is 2.82 bits per heavy atom. The van der Waals surface area contributed by atoms with Gasteiger partial charge in [0, 0.05) is 10.4 Å². The molecule has 0 saturated heterocycles. The summed E-state index contributed by atoms with van der Waals surface area (Å²) < 4.78 is 4.60. The smallest absolute Gasteiger partial charge is 0.311 e. The van der Waals surface area contributed by atoms with Crippen LogP contribution in [0, 0.1) is 0 Å². The Kier molecular flexibility index (Phi) is 3.45. The summed E-state index contributed by atoms with van der Waals surface area (Å²) in [6, 6.07) is 5.14. The van der Waals surface area contributed by atoms with Crippen molar-refractivity contribution in [2.24, 2.45) is 0 Å². The van der Waals surface area contributed by atoms with Gasteiger partial charge in [-0.2, -0.15) is 0 Å². The van der Waals surface area contributed by atoms with Crippen LogP contribution in [0.5, 0.6) is 0 Å². The highest BCUT2D eigenvalue weighted by Gasteiger charge is 2.11. The summed E-state index contributed by atoms with van der Waals surface area (Å²) in [5, 5.41) is 1.37. The fraction of sp³-hybridized carbons (Fsp3) is 0.182. The molecular formula is C11H8Cl2N2O2. The van der Waals surface area contributed by atoms with E-state index in [1.165, 1.54) is 7.11 Å². The zero-order chi connectivity index (χ0) is 12.4. The Balaban J connectivity index is 2.57. The predicted molar refractivity (Wildman–Crippen MR) is 65.3 cm³/mol. The van der Waals surface area contributed by atoms with E-state index >= 15 is 0 Å². The molecule has 17 heavy (non-hydrogen) atoms. The molecule has 1 aromatic carbocycles. The van der Waals surface area contributed by atoms with Gasteiger partial charge in [0.1, 0.15) is 0 Å². The van der Waals surface area contributed by atoms with Crippen molar-refractivity contribution in [3.63, 3.8) is 0 Å². The highest BCUT2D eigenvalue weighted by molar-refractivity contribution is 6.31. The van der Waals surface area contributed by atoms with Crippen LogP contribution in [0.15, 0.2) is 18.2 Å². The van der Waals surface area contributed by atoms with Crippen LogP contribution < -0.4 is 0 Å². The largest absolute Gasteiger partial charge is 0.469 e. The first-order valence-corrected chi connectivity index (χ1v) is 5.54. The van der Waals surface area contributed by atoms with Crippen molar-refractivity contribution in [3.05, 3.63) is 34.2 Å². The van der Waals surface area contributed by atoms with E-state index in [1.54, 1.807) is 18.2 Å². The third-order valence-electron chi connectivity index (χ3n) is 2.25. The van der Waals surface area contributed by atoms with Crippen molar-refractivity contribution in [2.75, 3.05) is 7.11 Å². The Bertz CT molecular complexity index is 582. The summed E-state index contributed by atoms with van der Waals surface area (Å²) in [7, 11) is 1.32. The highest BCUT2D eigenvalue weighted by Crippen LogP contribution is 2.22. The Hall–Kier alpha value is -1.39. The van der Waals surface area contributed by atoms with Crippen LogP contribution in [0.2, 0.25) is 10.3 Å². The molecule has 0 spiro atoms. The van der Waals surface area contributed by atoms with Crippen LogP contribution in [-0.2, 0) is 16.0 Å². The molecule has 0 saturated carbocycles. The number of fused-ring (bicyclic) bond motifs is 1. The van der Waals surface area contributed by atoms with E-state index in [4.69, 9.17) is 23.2 Å². The molecule has 6 heteroatoms. The first kappa shape index (κ1) is 12.1. The molecule has 0 amide bonds. The monoisotopic (exact) mass is 270 g/mol. The second kappa shape index (κ2) is 4.85. The molecule has 1 aromatic heterocycles. The molecule has 0 unspecified atom stereocenters. The minimum Gasteiger partial charge on any atom is -0.469 e. The van der Waals surface area contributed by atoms with Gasteiger partial charge in [-0.05, 0) is 29.8 Å². The zero-order valence-corrected chi connectivity index (χ0v) is 10.4. The van der Waals surface area contributed by atoms with Gasteiger partial charge in [-0.15, -0.1) is 0 Å². The van der Waals surface area contributed by atoms with Crippen molar-refractivity contribution in [3.8, 4) is 0 Å². The number of rotatable bonds is 2. The lowest BCUT2D eigenvalue weighted by Crippen LogP contribution is -2.07. The first-order valence-electron chi connectivity index (χ1n) is 4.78. The van der Waals surface area contributed by atoms with Gasteiger partial charge in [0.25, 0.3) is 0 Å². The van der Waals surface area contributed by atoms with Crippen LogP contribution >= 0.6 is 23.2 Å². The Morgan fingerprint density at radius 1 is 1.35 bits per heavy atom. The van der Waals surface area contributed by atoms with Gasteiger partial charge in [0.15, 0.2) is 0 Å². The van der Waals surface area contributed by atoms with Gasteiger partial charge in [-0.1, -0.05) is 11.6 Å². The molecule has 0 aliphatic heterocycles. The number of nitrogens with zero attached hydrogens (tertiary/aromatic N) is 2. The molecule has 0 N–H and O–H groups in total. The Labute approximate surface area is 108 Å². The lowest BCUT2D eigenvalue weighted by atomic mass is 10.1.